The first-order chi connectivity index (χ1) is 7.53. The van der Waals surface area contributed by atoms with Crippen molar-refractivity contribution in [2.75, 3.05) is 6.61 Å². The van der Waals surface area contributed by atoms with Crippen molar-refractivity contribution < 1.29 is 4.74 Å². The van der Waals surface area contributed by atoms with E-state index in [1.54, 1.807) is 0 Å². The third-order valence-electron chi connectivity index (χ3n) is 3.53. The molecule has 16 heavy (non-hydrogen) atoms. The minimum absolute atomic E-state index is 0.147. The van der Waals surface area contributed by atoms with Crippen LogP contribution in [0.3, 0.4) is 0 Å². The lowest BCUT2D eigenvalue weighted by Gasteiger charge is -2.37. The molecule has 0 spiro atoms. The van der Waals surface area contributed by atoms with Crippen LogP contribution in [0.4, 0.5) is 0 Å². The van der Waals surface area contributed by atoms with E-state index in [1.807, 2.05) is 6.92 Å². The normalized spacial score (nSPS) is 19.1. The highest BCUT2D eigenvalue weighted by molar-refractivity contribution is 4.88. The van der Waals surface area contributed by atoms with Crippen LogP contribution in [-0.2, 0) is 4.74 Å². The van der Waals surface area contributed by atoms with Crippen LogP contribution in [0.15, 0.2) is 0 Å². The quantitative estimate of drug-likeness (QED) is 0.473. The zero-order valence-electron chi connectivity index (χ0n) is 11.7. The van der Waals surface area contributed by atoms with Crippen molar-refractivity contribution in [1.29, 1.82) is 0 Å². The molecule has 0 radical (unpaired) electrons. The first-order valence-electron chi connectivity index (χ1n) is 6.64. The van der Waals surface area contributed by atoms with Gasteiger partial charge in [-0.15, -0.1) is 0 Å². The van der Waals surface area contributed by atoms with Crippen molar-refractivity contribution in [2.45, 2.75) is 71.9 Å². The van der Waals surface area contributed by atoms with E-state index >= 15 is 0 Å². The predicted octanol–water partition coefficient (Wildman–Crippen LogP) is 2.85. The number of ether oxygens (including phenoxy) is 1. The van der Waals surface area contributed by atoms with E-state index in [0.717, 1.165) is 19.4 Å². The summed E-state index contributed by atoms with van der Waals surface area (Å²) in [7, 11) is 0. The molecular weight excluding hydrogens is 200 g/mol. The average molecular weight is 230 g/mol. The van der Waals surface area contributed by atoms with Crippen molar-refractivity contribution in [2.24, 2.45) is 11.8 Å². The van der Waals surface area contributed by atoms with Crippen molar-refractivity contribution in [3.05, 3.63) is 0 Å². The van der Waals surface area contributed by atoms with Crippen molar-refractivity contribution >= 4 is 0 Å². The van der Waals surface area contributed by atoms with Gasteiger partial charge in [-0.1, -0.05) is 33.6 Å². The molecule has 0 aromatic rings. The Kier molecular flexibility index (Phi) is 7.98. The van der Waals surface area contributed by atoms with Gasteiger partial charge in [0.2, 0.25) is 0 Å². The van der Waals surface area contributed by atoms with Crippen molar-refractivity contribution in [3.8, 4) is 0 Å². The second-order valence-electron chi connectivity index (χ2n) is 4.95. The van der Waals surface area contributed by atoms with Crippen LogP contribution in [0.2, 0.25) is 0 Å². The summed E-state index contributed by atoms with van der Waals surface area (Å²) in [5.41, 5.74) is 2.80. The SMILES string of the molecule is CCCC(C)CC(NN)C(C)(CC)OCC. The van der Waals surface area contributed by atoms with E-state index < -0.39 is 0 Å². The summed E-state index contributed by atoms with van der Waals surface area (Å²) in [6.07, 6.45) is 4.54. The lowest BCUT2D eigenvalue weighted by atomic mass is 9.85. The lowest BCUT2D eigenvalue weighted by Crippen LogP contribution is -2.53. The average Bonchev–Trinajstić information content (AvgIpc) is 2.26. The number of hydrogen-bond acceptors (Lipinski definition) is 3. The van der Waals surface area contributed by atoms with Crippen LogP contribution in [0.25, 0.3) is 0 Å². The zero-order chi connectivity index (χ0) is 12.6. The number of nitrogens with two attached hydrogens (primary N) is 1. The third-order valence-corrected chi connectivity index (χ3v) is 3.53. The molecule has 0 aliphatic rings. The largest absolute Gasteiger partial charge is 0.374 e. The summed E-state index contributed by atoms with van der Waals surface area (Å²) in [6.45, 7) is 11.6. The maximum atomic E-state index is 5.87. The second kappa shape index (κ2) is 8.04. The summed E-state index contributed by atoms with van der Waals surface area (Å²) in [5, 5.41) is 0. The van der Waals surface area contributed by atoms with Crippen LogP contribution in [0.1, 0.15) is 60.3 Å². The molecule has 98 valence electrons. The molecule has 3 N–H and O–H groups in total. The highest BCUT2D eigenvalue weighted by Gasteiger charge is 2.33. The Morgan fingerprint density at radius 2 is 1.94 bits per heavy atom. The highest BCUT2D eigenvalue weighted by Crippen LogP contribution is 2.26. The first kappa shape index (κ1) is 15.9. The van der Waals surface area contributed by atoms with Gasteiger partial charge in [0.05, 0.1) is 11.6 Å². The van der Waals surface area contributed by atoms with E-state index in [0.29, 0.717) is 5.92 Å². The van der Waals surface area contributed by atoms with Gasteiger partial charge in [0.25, 0.3) is 0 Å². The summed E-state index contributed by atoms with van der Waals surface area (Å²) >= 11 is 0. The smallest absolute Gasteiger partial charge is 0.0817 e. The maximum absolute atomic E-state index is 5.87. The molecule has 0 aliphatic heterocycles. The number of nitrogens with one attached hydrogen (secondary N) is 1. The molecule has 0 fully saturated rings. The second-order valence-corrected chi connectivity index (χ2v) is 4.95. The molecule has 3 atom stereocenters. The monoisotopic (exact) mass is 230 g/mol. The molecule has 3 heteroatoms. The van der Waals surface area contributed by atoms with E-state index in [2.05, 4.69) is 33.1 Å². The van der Waals surface area contributed by atoms with Gasteiger partial charge in [-0.2, -0.15) is 0 Å². The van der Waals surface area contributed by atoms with Crippen LogP contribution in [-0.4, -0.2) is 18.2 Å². The molecule has 0 bridgehead atoms. The topological polar surface area (TPSA) is 47.3 Å². The molecule has 0 rings (SSSR count). The molecule has 3 nitrogen and oxygen atoms in total. The Hall–Kier alpha value is -0.120. The Bertz CT molecular complexity index is 175. The number of hydrazine groups is 1. The van der Waals surface area contributed by atoms with Crippen LogP contribution < -0.4 is 11.3 Å². The predicted molar refractivity (Wildman–Crippen MR) is 70.1 cm³/mol. The van der Waals surface area contributed by atoms with Crippen LogP contribution in [0, 0.1) is 5.92 Å². The molecule has 0 heterocycles. The van der Waals surface area contributed by atoms with Gasteiger partial charge in [0.1, 0.15) is 0 Å². The standard InChI is InChI=1S/C13H30N2O/c1-6-9-11(4)10-12(15-14)13(5,7-2)16-8-3/h11-12,15H,6-10,14H2,1-5H3. The molecule has 0 aromatic heterocycles. The van der Waals surface area contributed by atoms with Gasteiger partial charge in [-0.25, -0.2) is 0 Å². The minimum atomic E-state index is -0.147. The van der Waals surface area contributed by atoms with Gasteiger partial charge in [-0.05, 0) is 32.6 Å². The molecule has 3 unspecified atom stereocenters. The number of hydrogen-bond donors (Lipinski definition) is 2. The first-order valence-corrected chi connectivity index (χ1v) is 6.64. The molecule has 0 saturated heterocycles. The van der Waals surface area contributed by atoms with E-state index in [1.165, 1.54) is 12.8 Å². The molecule has 0 aromatic carbocycles. The van der Waals surface area contributed by atoms with Gasteiger partial charge in [0.15, 0.2) is 0 Å². The van der Waals surface area contributed by atoms with Crippen molar-refractivity contribution in [1.82, 2.24) is 5.43 Å². The fourth-order valence-corrected chi connectivity index (χ4v) is 2.29. The van der Waals surface area contributed by atoms with Gasteiger partial charge in [-0.3, -0.25) is 11.3 Å². The van der Waals surface area contributed by atoms with Gasteiger partial charge in [0, 0.05) is 6.61 Å². The summed E-state index contributed by atoms with van der Waals surface area (Å²) in [4.78, 5) is 0. The fraction of sp³-hybridized carbons (Fsp3) is 1.00. The fourth-order valence-electron chi connectivity index (χ4n) is 2.29. The number of rotatable bonds is 9. The van der Waals surface area contributed by atoms with Crippen LogP contribution in [0.5, 0.6) is 0 Å². The van der Waals surface area contributed by atoms with Gasteiger partial charge < -0.3 is 4.74 Å². The lowest BCUT2D eigenvalue weighted by molar-refractivity contribution is -0.0601. The van der Waals surface area contributed by atoms with E-state index in [-0.39, 0.29) is 11.6 Å². The minimum Gasteiger partial charge on any atom is -0.374 e. The zero-order valence-corrected chi connectivity index (χ0v) is 11.7. The Morgan fingerprint density at radius 3 is 2.31 bits per heavy atom. The van der Waals surface area contributed by atoms with E-state index in [9.17, 15) is 0 Å². The van der Waals surface area contributed by atoms with Crippen molar-refractivity contribution in [3.63, 3.8) is 0 Å². The molecule has 0 saturated carbocycles. The highest BCUT2D eigenvalue weighted by atomic mass is 16.5. The third kappa shape index (κ3) is 4.81. The molecular formula is C13H30N2O. The van der Waals surface area contributed by atoms with Crippen LogP contribution >= 0.6 is 0 Å². The maximum Gasteiger partial charge on any atom is 0.0817 e. The Balaban J connectivity index is 4.42. The Morgan fingerprint density at radius 1 is 1.31 bits per heavy atom. The molecule has 0 amide bonds. The summed E-state index contributed by atoms with van der Waals surface area (Å²) in [6, 6.07) is 0.235. The Labute approximate surface area is 101 Å². The summed E-state index contributed by atoms with van der Waals surface area (Å²) < 4.78 is 5.87. The van der Waals surface area contributed by atoms with Gasteiger partial charge >= 0.3 is 0 Å². The molecule has 0 aliphatic carbocycles. The van der Waals surface area contributed by atoms with E-state index in [4.69, 9.17) is 10.6 Å². The summed E-state index contributed by atoms with van der Waals surface area (Å²) in [5.74, 6) is 6.37.